The zero-order chi connectivity index (χ0) is 11.2. The summed E-state index contributed by atoms with van der Waals surface area (Å²) in [5, 5.41) is 10.7. The van der Waals surface area contributed by atoms with Crippen LogP contribution in [0.5, 0.6) is 0 Å². The normalized spacial score (nSPS) is 15.7. The Bertz CT molecular complexity index is 388. The second-order valence-corrected chi connectivity index (χ2v) is 5.79. The van der Waals surface area contributed by atoms with Crippen molar-refractivity contribution in [3.8, 4) is 0 Å². The average Bonchev–Trinajstić information content (AvgIpc) is 2.55. The van der Waals surface area contributed by atoms with E-state index in [1.165, 1.54) is 11.3 Å². The number of carbonyl (C=O) groups excluding carboxylic acids is 1. The number of hydrogen-bond acceptors (Lipinski definition) is 5. The molecule has 1 aliphatic rings. The Morgan fingerprint density at radius 2 is 2.06 bits per heavy atom. The Hall–Kier alpha value is -0.343. The van der Waals surface area contributed by atoms with Crippen LogP contribution in [0.15, 0.2) is 0 Å². The van der Waals surface area contributed by atoms with Crippen molar-refractivity contribution in [2.45, 2.75) is 39.4 Å². The van der Waals surface area contributed by atoms with E-state index in [1.54, 1.807) is 0 Å². The summed E-state index contributed by atoms with van der Waals surface area (Å²) in [6.45, 7) is 7.96. The van der Waals surface area contributed by atoms with E-state index in [1.807, 2.05) is 0 Å². The molecule has 2 heterocycles. The van der Waals surface area contributed by atoms with Crippen molar-refractivity contribution in [1.29, 1.82) is 0 Å². The second kappa shape index (κ2) is 4.50. The van der Waals surface area contributed by atoms with Crippen molar-refractivity contribution in [2.75, 3.05) is 0 Å². The molecule has 1 aromatic heterocycles. The monoisotopic (exact) mass is 232 g/mol. The number of fused-ring (bicyclic) bond motifs is 1. The summed E-state index contributed by atoms with van der Waals surface area (Å²) in [5.74, 6) is -1.17. The van der Waals surface area contributed by atoms with Gasteiger partial charge in [-0.15, -0.1) is 11.3 Å². The number of carboxylic acid groups (broad SMARTS) is 1. The van der Waals surface area contributed by atoms with Gasteiger partial charge >= 0.3 is 18.9 Å². The molecule has 6 heteroatoms. The van der Waals surface area contributed by atoms with Gasteiger partial charge in [-0.3, -0.25) is 4.90 Å². The first-order valence-corrected chi connectivity index (χ1v) is 5.64. The number of aromatic carboxylic acids is 1. The third-order valence-corrected chi connectivity index (χ3v) is 3.64. The molecule has 0 aliphatic carbocycles. The van der Waals surface area contributed by atoms with Crippen LogP contribution < -0.4 is 24.0 Å². The van der Waals surface area contributed by atoms with Crippen molar-refractivity contribution >= 4 is 17.3 Å². The first kappa shape index (κ1) is 13.7. The molecule has 0 amide bonds. The van der Waals surface area contributed by atoms with Crippen molar-refractivity contribution in [3.05, 3.63) is 15.6 Å². The molecule has 0 N–H and O–H groups in total. The van der Waals surface area contributed by atoms with Crippen LogP contribution in [0.2, 0.25) is 0 Å². The van der Waals surface area contributed by atoms with Gasteiger partial charge in [0.25, 0.3) is 0 Å². The van der Waals surface area contributed by atoms with Gasteiger partial charge in [-0.1, -0.05) is 0 Å². The van der Waals surface area contributed by atoms with Gasteiger partial charge in [0.2, 0.25) is 0 Å². The van der Waals surface area contributed by atoms with E-state index in [0.29, 0.717) is 0 Å². The molecular formula is C10H13LiN2O2S. The maximum absolute atomic E-state index is 10.6. The van der Waals surface area contributed by atoms with E-state index >= 15 is 0 Å². The summed E-state index contributed by atoms with van der Waals surface area (Å²) in [5.41, 5.74) is 0.997. The first-order valence-electron chi connectivity index (χ1n) is 4.83. The van der Waals surface area contributed by atoms with Gasteiger partial charge in [-0.05, 0) is 20.8 Å². The SMILES string of the molecule is CC(C)(C)N1Cc2nc(C(=O)[O-])sc2C1.[Li+]. The molecule has 0 saturated heterocycles. The average molecular weight is 232 g/mol. The van der Waals surface area contributed by atoms with Crippen LogP contribution in [0, 0.1) is 0 Å². The molecule has 1 aliphatic heterocycles. The minimum absolute atomic E-state index is 0. The van der Waals surface area contributed by atoms with Crippen LogP contribution in [0.25, 0.3) is 0 Å². The quantitative estimate of drug-likeness (QED) is 0.508. The maximum Gasteiger partial charge on any atom is 1.00 e. The Morgan fingerprint density at radius 1 is 1.44 bits per heavy atom. The molecule has 0 bridgehead atoms. The maximum atomic E-state index is 10.6. The first-order chi connectivity index (χ1) is 6.88. The largest absolute Gasteiger partial charge is 1.00 e. The third-order valence-electron chi connectivity index (χ3n) is 2.58. The summed E-state index contributed by atoms with van der Waals surface area (Å²) >= 11 is 1.24. The predicted molar refractivity (Wildman–Crippen MR) is 55.4 cm³/mol. The number of rotatable bonds is 1. The number of carboxylic acids is 1. The zero-order valence-electron chi connectivity index (χ0n) is 10.0. The van der Waals surface area contributed by atoms with Crippen molar-refractivity contribution in [1.82, 2.24) is 9.88 Å². The van der Waals surface area contributed by atoms with Gasteiger partial charge < -0.3 is 9.90 Å². The van der Waals surface area contributed by atoms with Crippen LogP contribution in [0.1, 0.15) is 41.1 Å². The second-order valence-electron chi connectivity index (χ2n) is 4.70. The Morgan fingerprint density at radius 3 is 2.50 bits per heavy atom. The van der Waals surface area contributed by atoms with Crippen LogP contribution in [-0.4, -0.2) is 21.4 Å². The fourth-order valence-corrected chi connectivity index (χ4v) is 2.52. The zero-order valence-corrected chi connectivity index (χ0v) is 10.8. The summed E-state index contributed by atoms with van der Waals surface area (Å²) in [6.07, 6.45) is 0. The van der Waals surface area contributed by atoms with Crippen LogP contribution in [-0.2, 0) is 13.1 Å². The molecule has 0 atom stereocenters. The van der Waals surface area contributed by atoms with E-state index < -0.39 is 5.97 Å². The van der Waals surface area contributed by atoms with Gasteiger partial charge in [0.15, 0.2) is 0 Å². The molecular weight excluding hydrogens is 219 g/mol. The summed E-state index contributed by atoms with van der Waals surface area (Å²) in [7, 11) is 0. The van der Waals surface area contributed by atoms with Crippen LogP contribution in [0.3, 0.4) is 0 Å². The van der Waals surface area contributed by atoms with Crippen molar-refractivity contribution in [2.24, 2.45) is 0 Å². The van der Waals surface area contributed by atoms with E-state index in [4.69, 9.17) is 0 Å². The molecule has 1 aromatic rings. The van der Waals surface area contributed by atoms with Gasteiger partial charge in [-0.25, -0.2) is 4.98 Å². The number of nitrogens with zero attached hydrogens (tertiary/aromatic N) is 2. The van der Waals surface area contributed by atoms with Crippen molar-refractivity contribution in [3.63, 3.8) is 0 Å². The molecule has 2 rings (SSSR count). The number of aromatic nitrogens is 1. The van der Waals surface area contributed by atoms with E-state index in [0.717, 1.165) is 23.7 Å². The molecule has 0 fully saturated rings. The van der Waals surface area contributed by atoms with Crippen molar-refractivity contribution < 1.29 is 28.8 Å². The van der Waals surface area contributed by atoms with Crippen LogP contribution >= 0.6 is 11.3 Å². The third kappa shape index (κ3) is 2.49. The number of hydrogen-bond donors (Lipinski definition) is 0. The molecule has 0 spiro atoms. The fourth-order valence-electron chi connectivity index (χ4n) is 1.60. The summed E-state index contributed by atoms with van der Waals surface area (Å²) in [4.78, 5) is 18.0. The van der Waals surface area contributed by atoms with Crippen LogP contribution in [0.4, 0.5) is 0 Å². The molecule has 0 saturated carbocycles. The Balaban J connectivity index is 0.00000128. The standard InChI is InChI=1S/C10H14N2O2S.Li/c1-10(2,3)12-4-6-7(5-12)15-8(11-6)9(13)14;/h4-5H2,1-3H3,(H,13,14);/q;+1/p-1. The van der Waals surface area contributed by atoms with E-state index in [-0.39, 0.29) is 29.4 Å². The topological polar surface area (TPSA) is 56.3 Å². The fraction of sp³-hybridized carbons (Fsp3) is 0.600. The Kier molecular flexibility index (Phi) is 3.86. The van der Waals surface area contributed by atoms with E-state index in [9.17, 15) is 9.90 Å². The smallest absolute Gasteiger partial charge is 0.542 e. The van der Waals surface area contributed by atoms with Gasteiger partial charge in [-0.2, -0.15) is 0 Å². The van der Waals surface area contributed by atoms with Gasteiger partial charge in [0.1, 0.15) is 11.0 Å². The molecule has 0 radical (unpaired) electrons. The Labute approximate surface area is 111 Å². The molecule has 16 heavy (non-hydrogen) atoms. The van der Waals surface area contributed by atoms with Gasteiger partial charge in [0, 0.05) is 23.5 Å². The summed E-state index contributed by atoms with van der Waals surface area (Å²) in [6, 6.07) is 0. The minimum atomic E-state index is -1.17. The predicted octanol–water partition coefficient (Wildman–Crippen LogP) is -2.38. The minimum Gasteiger partial charge on any atom is -0.542 e. The van der Waals surface area contributed by atoms with Gasteiger partial charge in [0.05, 0.1) is 5.69 Å². The molecule has 0 unspecified atom stereocenters. The molecule has 4 nitrogen and oxygen atoms in total. The summed E-state index contributed by atoms with van der Waals surface area (Å²) < 4.78 is 0. The van der Waals surface area contributed by atoms with E-state index in [2.05, 4.69) is 30.7 Å². The molecule has 82 valence electrons. The number of thiazole rings is 1. The molecule has 0 aromatic carbocycles. The number of carbonyl (C=O) groups is 1.